The van der Waals surface area contributed by atoms with Gasteiger partial charge in [-0.2, -0.15) is 0 Å². The summed E-state index contributed by atoms with van der Waals surface area (Å²) in [6, 6.07) is 6.26. The number of carbonyl (C=O) groups excluding carboxylic acids is 1. The molecule has 0 unspecified atom stereocenters. The number of hydrogen-bond acceptors (Lipinski definition) is 5. The minimum Gasteiger partial charge on any atom is -0.441 e. The van der Waals surface area contributed by atoms with Crippen LogP contribution in [0.5, 0.6) is 0 Å². The minimum atomic E-state index is -0.0699. The maximum atomic E-state index is 13.2. The van der Waals surface area contributed by atoms with Crippen LogP contribution < -0.4 is 5.32 Å². The molecule has 1 N–H and O–H groups in total. The van der Waals surface area contributed by atoms with Crippen molar-refractivity contribution in [2.75, 3.05) is 19.6 Å². The number of carbonyl (C=O) groups is 1. The number of rotatable bonds is 2. The van der Waals surface area contributed by atoms with E-state index >= 15 is 0 Å². The Hall–Kier alpha value is -3.38. The van der Waals surface area contributed by atoms with Crippen molar-refractivity contribution in [2.24, 2.45) is 0 Å². The smallest absolute Gasteiger partial charge is 0.255 e. The van der Waals surface area contributed by atoms with Gasteiger partial charge in [0.2, 0.25) is 0 Å². The number of hydrogen-bond donors (Lipinski definition) is 1. The third-order valence-electron chi connectivity index (χ3n) is 5.59. The van der Waals surface area contributed by atoms with E-state index in [1.54, 1.807) is 11.0 Å². The molecule has 4 heterocycles. The summed E-state index contributed by atoms with van der Waals surface area (Å²) in [7, 11) is 0. The van der Waals surface area contributed by atoms with E-state index in [0.717, 1.165) is 53.3 Å². The molecule has 0 aliphatic carbocycles. The van der Waals surface area contributed by atoms with Crippen molar-refractivity contribution < 1.29 is 9.21 Å². The SMILES string of the molecule is Cc1nc2ccc(C3=CC(=O)N4C=C(N5CCN[C@@H](C)C5)C=C/C4=C\C=C3)cc2o1. The molecule has 6 heteroatoms. The van der Waals surface area contributed by atoms with Crippen molar-refractivity contribution in [2.45, 2.75) is 19.9 Å². The molecule has 5 rings (SSSR count). The highest BCUT2D eigenvalue weighted by Gasteiger charge is 2.23. The van der Waals surface area contributed by atoms with Gasteiger partial charge in [0.15, 0.2) is 11.5 Å². The Morgan fingerprint density at radius 2 is 2.07 bits per heavy atom. The van der Waals surface area contributed by atoms with Crippen molar-refractivity contribution in [1.82, 2.24) is 20.1 Å². The topological polar surface area (TPSA) is 61.6 Å². The molecule has 1 aromatic heterocycles. The Balaban J connectivity index is 1.47. The Bertz CT molecular complexity index is 1170. The molecule has 1 aromatic carbocycles. The van der Waals surface area contributed by atoms with Crippen LogP contribution in [0.3, 0.4) is 0 Å². The summed E-state index contributed by atoms with van der Waals surface area (Å²) in [5.41, 5.74) is 5.23. The van der Waals surface area contributed by atoms with Crippen molar-refractivity contribution in [1.29, 1.82) is 0 Å². The Labute approximate surface area is 175 Å². The van der Waals surface area contributed by atoms with E-state index < -0.39 is 0 Å². The molecule has 6 nitrogen and oxygen atoms in total. The van der Waals surface area contributed by atoms with Gasteiger partial charge in [-0.05, 0) is 48.4 Å². The standard InChI is InChI=1S/C24H24N4O2/c1-16-14-27(11-10-25-16)21-8-7-20-5-3-4-18(13-24(29)28(20)15-21)19-6-9-22-23(12-19)30-17(2)26-22/h3-9,12-13,15-16,25H,10-11,14H2,1-2H3/b4-3?,18-13?,20-5+/t16-/m0/s1. The molecule has 1 amide bonds. The van der Waals surface area contributed by atoms with E-state index in [2.05, 4.69) is 28.2 Å². The van der Waals surface area contributed by atoms with Crippen molar-refractivity contribution >= 4 is 22.6 Å². The molecule has 1 atom stereocenters. The Morgan fingerprint density at radius 3 is 2.93 bits per heavy atom. The highest BCUT2D eigenvalue weighted by Crippen LogP contribution is 2.27. The van der Waals surface area contributed by atoms with Crippen LogP contribution in [-0.2, 0) is 4.79 Å². The number of oxazole rings is 1. The number of piperazine rings is 1. The summed E-state index contributed by atoms with van der Waals surface area (Å²) in [5.74, 6) is 0.562. The highest BCUT2D eigenvalue weighted by molar-refractivity contribution is 6.00. The fraction of sp³-hybridized carbons (Fsp3) is 0.250. The van der Waals surface area contributed by atoms with Gasteiger partial charge < -0.3 is 14.6 Å². The van der Waals surface area contributed by atoms with Crippen LogP contribution in [0.4, 0.5) is 0 Å². The number of benzene rings is 1. The molecule has 2 aromatic rings. The lowest BCUT2D eigenvalue weighted by Gasteiger charge is -2.36. The molecule has 1 fully saturated rings. The van der Waals surface area contributed by atoms with E-state index in [4.69, 9.17) is 4.42 Å². The molecule has 0 spiro atoms. The van der Waals surface area contributed by atoms with Crippen LogP contribution in [0.15, 0.2) is 76.7 Å². The molecular formula is C24H24N4O2. The summed E-state index contributed by atoms with van der Waals surface area (Å²) in [4.78, 5) is 21.6. The summed E-state index contributed by atoms with van der Waals surface area (Å²) in [6.45, 7) is 6.81. The second kappa shape index (κ2) is 7.46. The first-order valence-electron chi connectivity index (χ1n) is 10.3. The number of nitrogens with zero attached hydrogens (tertiary/aromatic N) is 3. The first-order valence-corrected chi connectivity index (χ1v) is 10.3. The number of amides is 1. The number of aromatic nitrogens is 1. The lowest BCUT2D eigenvalue weighted by Crippen LogP contribution is -2.48. The highest BCUT2D eigenvalue weighted by atomic mass is 16.3. The number of nitrogens with one attached hydrogen (secondary N) is 1. The number of fused-ring (bicyclic) bond motifs is 2. The zero-order valence-electron chi connectivity index (χ0n) is 17.1. The average molecular weight is 400 g/mol. The second-order valence-electron chi connectivity index (χ2n) is 7.86. The van der Waals surface area contributed by atoms with E-state index in [1.165, 1.54) is 0 Å². The maximum absolute atomic E-state index is 13.2. The zero-order chi connectivity index (χ0) is 20.7. The lowest BCUT2D eigenvalue weighted by atomic mass is 10.0. The zero-order valence-corrected chi connectivity index (χ0v) is 17.1. The van der Waals surface area contributed by atoms with Crippen LogP contribution in [0.25, 0.3) is 16.7 Å². The van der Waals surface area contributed by atoms with Crippen molar-refractivity contribution in [3.63, 3.8) is 0 Å². The molecule has 30 heavy (non-hydrogen) atoms. The van der Waals surface area contributed by atoms with Gasteiger partial charge in [-0.3, -0.25) is 9.69 Å². The van der Waals surface area contributed by atoms with Crippen LogP contribution in [0.2, 0.25) is 0 Å². The quantitative estimate of drug-likeness (QED) is 0.836. The third-order valence-corrected chi connectivity index (χ3v) is 5.59. The van der Waals surface area contributed by atoms with E-state index in [1.807, 2.05) is 55.6 Å². The van der Waals surface area contributed by atoms with Gasteiger partial charge >= 0.3 is 0 Å². The van der Waals surface area contributed by atoms with Gasteiger partial charge in [0, 0.05) is 50.6 Å². The van der Waals surface area contributed by atoms with Crippen molar-refractivity contribution in [3.8, 4) is 0 Å². The van der Waals surface area contributed by atoms with Crippen LogP contribution in [-0.4, -0.2) is 46.4 Å². The summed E-state index contributed by atoms with van der Waals surface area (Å²) in [6.07, 6.45) is 13.6. The van der Waals surface area contributed by atoms with Gasteiger partial charge in [0.1, 0.15) is 5.52 Å². The largest absolute Gasteiger partial charge is 0.441 e. The van der Waals surface area contributed by atoms with Gasteiger partial charge in [0.25, 0.3) is 5.91 Å². The average Bonchev–Trinajstić information content (AvgIpc) is 3.11. The molecular weight excluding hydrogens is 376 g/mol. The maximum Gasteiger partial charge on any atom is 0.255 e. The van der Waals surface area contributed by atoms with Gasteiger partial charge in [-0.15, -0.1) is 0 Å². The van der Waals surface area contributed by atoms with Gasteiger partial charge in [-0.25, -0.2) is 4.98 Å². The molecule has 1 saturated heterocycles. The van der Waals surface area contributed by atoms with Crippen LogP contribution in [0, 0.1) is 6.92 Å². The molecule has 152 valence electrons. The van der Waals surface area contributed by atoms with Gasteiger partial charge in [0.05, 0.1) is 5.70 Å². The monoisotopic (exact) mass is 400 g/mol. The van der Waals surface area contributed by atoms with Crippen molar-refractivity contribution in [3.05, 3.63) is 83.7 Å². The Morgan fingerprint density at radius 1 is 1.20 bits per heavy atom. The number of allylic oxidation sites excluding steroid dienone is 6. The van der Waals surface area contributed by atoms with E-state index in [9.17, 15) is 4.79 Å². The van der Waals surface area contributed by atoms with E-state index in [-0.39, 0.29) is 5.91 Å². The number of aryl methyl sites for hydroxylation is 1. The van der Waals surface area contributed by atoms with Crippen LogP contribution >= 0.6 is 0 Å². The Kier molecular flexibility index (Phi) is 4.64. The first-order chi connectivity index (χ1) is 14.6. The van der Waals surface area contributed by atoms with Crippen LogP contribution in [0.1, 0.15) is 18.4 Å². The molecule has 0 saturated carbocycles. The van der Waals surface area contributed by atoms with Gasteiger partial charge in [-0.1, -0.05) is 18.2 Å². The normalized spacial score (nSPS) is 23.5. The molecule has 0 bridgehead atoms. The fourth-order valence-electron chi connectivity index (χ4n) is 4.08. The predicted octanol–water partition coefficient (Wildman–Crippen LogP) is 3.51. The third kappa shape index (κ3) is 3.50. The molecule has 3 aliphatic heterocycles. The molecule has 0 radical (unpaired) electrons. The summed E-state index contributed by atoms with van der Waals surface area (Å²) < 4.78 is 5.66. The summed E-state index contributed by atoms with van der Waals surface area (Å²) in [5, 5.41) is 3.46. The fourth-order valence-corrected chi connectivity index (χ4v) is 4.08. The predicted molar refractivity (Wildman–Crippen MR) is 117 cm³/mol. The first kappa shape index (κ1) is 18.6. The molecule has 3 aliphatic rings. The summed E-state index contributed by atoms with van der Waals surface area (Å²) >= 11 is 0. The van der Waals surface area contributed by atoms with E-state index in [0.29, 0.717) is 11.9 Å². The lowest BCUT2D eigenvalue weighted by molar-refractivity contribution is -0.122. The second-order valence-corrected chi connectivity index (χ2v) is 7.86. The minimum absolute atomic E-state index is 0.0699.